The van der Waals surface area contributed by atoms with Crippen LogP contribution >= 0.6 is 11.6 Å². The average molecular weight is 200 g/mol. The molecule has 0 spiro atoms. The van der Waals surface area contributed by atoms with Gasteiger partial charge in [-0.1, -0.05) is 17.7 Å². The number of nitrogen functional groups attached to an aromatic ring is 1. The first-order valence-corrected chi connectivity index (χ1v) is 4.45. The van der Waals surface area contributed by atoms with Crippen molar-refractivity contribution in [3.63, 3.8) is 0 Å². The van der Waals surface area contributed by atoms with Gasteiger partial charge < -0.3 is 17.2 Å². The second-order valence-corrected chi connectivity index (χ2v) is 3.40. The molecule has 4 heteroatoms. The first-order chi connectivity index (χ1) is 6.07. The maximum Gasteiger partial charge on any atom is 0.0503 e. The molecule has 0 radical (unpaired) electrons. The SMILES string of the molecule is Cc1c(N)ccc([C@H](N)CN)c1Cl. The van der Waals surface area contributed by atoms with Gasteiger partial charge in [0.1, 0.15) is 0 Å². The van der Waals surface area contributed by atoms with Crippen LogP contribution in [0.2, 0.25) is 5.02 Å². The third kappa shape index (κ3) is 1.94. The lowest BCUT2D eigenvalue weighted by atomic mass is 10.0. The summed E-state index contributed by atoms with van der Waals surface area (Å²) in [6, 6.07) is 3.40. The molecule has 0 heterocycles. The largest absolute Gasteiger partial charge is 0.398 e. The van der Waals surface area contributed by atoms with Crippen LogP contribution in [0.1, 0.15) is 17.2 Å². The highest BCUT2D eigenvalue weighted by molar-refractivity contribution is 6.32. The molecule has 13 heavy (non-hydrogen) atoms. The van der Waals surface area contributed by atoms with E-state index in [1.54, 1.807) is 6.07 Å². The normalized spacial score (nSPS) is 12.9. The summed E-state index contributed by atoms with van der Waals surface area (Å²) in [7, 11) is 0. The molecule has 1 atom stereocenters. The van der Waals surface area contributed by atoms with Gasteiger partial charge in [-0.3, -0.25) is 0 Å². The van der Waals surface area contributed by atoms with Crippen molar-refractivity contribution in [2.45, 2.75) is 13.0 Å². The lowest BCUT2D eigenvalue weighted by Crippen LogP contribution is -2.21. The number of anilines is 1. The van der Waals surface area contributed by atoms with E-state index in [0.717, 1.165) is 11.1 Å². The van der Waals surface area contributed by atoms with E-state index in [2.05, 4.69) is 0 Å². The van der Waals surface area contributed by atoms with Gasteiger partial charge in [0.15, 0.2) is 0 Å². The predicted octanol–water partition coefficient (Wildman–Crippen LogP) is 1.19. The van der Waals surface area contributed by atoms with Crippen LogP contribution in [0.4, 0.5) is 5.69 Å². The van der Waals surface area contributed by atoms with Crippen molar-refractivity contribution in [3.05, 3.63) is 28.3 Å². The minimum absolute atomic E-state index is 0.216. The van der Waals surface area contributed by atoms with Crippen molar-refractivity contribution in [2.24, 2.45) is 11.5 Å². The van der Waals surface area contributed by atoms with E-state index in [-0.39, 0.29) is 6.04 Å². The molecule has 0 bridgehead atoms. The summed E-state index contributed by atoms with van der Waals surface area (Å²) in [6.07, 6.45) is 0. The third-order valence-corrected chi connectivity index (χ3v) is 2.61. The molecule has 72 valence electrons. The zero-order valence-corrected chi connectivity index (χ0v) is 8.31. The Morgan fingerprint density at radius 2 is 2.08 bits per heavy atom. The van der Waals surface area contributed by atoms with E-state index < -0.39 is 0 Å². The molecule has 0 aliphatic heterocycles. The van der Waals surface area contributed by atoms with E-state index in [1.165, 1.54) is 0 Å². The molecule has 3 nitrogen and oxygen atoms in total. The van der Waals surface area contributed by atoms with Crippen LogP contribution in [-0.4, -0.2) is 6.54 Å². The van der Waals surface area contributed by atoms with Crippen LogP contribution in [0.15, 0.2) is 12.1 Å². The Hall–Kier alpha value is -0.770. The van der Waals surface area contributed by atoms with Crippen LogP contribution in [0.25, 0.3) is 0 Å². The number of benzene rings is 1. The van der Waals surface area contributed by atoms with E-state index >= 15 is 0 Å². The van der Waals surface area contributed by atoms with Crippen LogP contribution in [0.5, 0.6) is 0 Å². The van der Waals surface area contributed by atoms with Crippen LogP contribution in [0.3, 0.4) is 0 Å². The number of nitrogens with two attached hydrogens (primary N) is 3. The van der Waals surface area contributed by atoms with Crippen LogP contribution in [0, 0.1) is 6.92 Å². The molecule has 0 saturated carbocycles. The van der Waals surface area contributed by atoms with Gasteiger partial charge in [-0.15, -0.1) is 0 Å². The Labute approximate surface area is 82.8 Å². The summed E-state index contributed by atoms with van der Waals surface area (Å²) in [5, 5.41) is 0.623. The highest BCUT2D eigenvalue weighted by Crippen LogP contribution is 2.28. The maximum absolute atomic E-state index is 6.06. The summed E-state index contributed by atoms with van der Waals surface area (Å²) in [5.74, 6) is 0. The van der Waals surface area contributed by atoms with Crippen molar-refractivity contribution in [1.29, 1.82) is 0 Å². The maximum atomic E-state index is 6.06. The monoisotopic (exact) mass is 199 g/mol. The zero-order valence-electron chi connectivity index (χ0n) is 7.55. The van der Waals surface area contributed by atoms with Gasteiger partial charge in [0.05, 0.1) is 5.02 Å². The van der Waals surface area contributed by atoms with Gasteiger partial charge >= 0.3 is 0 Å². The van der Waals surface area contributed by atoms with Gasteiger partial charge in [0.25, 0.3) is 0 Å². The standard InChI is InChI=1S/C9H14ClN3/c1-5-7(12)3-2-6(9(5)10)8(13)4-11/h2-3,8H,4,11-13H2,1H3/t8-/m1/s1. The van der Waals surface area contributed by atoms with Gasteiger partial charge in [-0.2, -0.15) is 0 Å². The number of hydrogen-bond donors (Lipinski definition) is 3. The van der Waals surface area contributed by atoms with Crippen LogP contribution < -0.4 is 17.2 Å². The van der Waals surface area contributed by atoms with E-state index in [4.69, 9.17) is 28.8 Å². The third-order valence-electron chi connectivity index (χ3n) is 2.11. The number of halogens is 1. The highest BCUT2D eigenvalue weighted by atomic mass is 35.5. The molecule has 0 aliphatic carbocycles. The summed E-state index contributed by atoms with van der Waals surface area (Å²) in [4.78, 5) is 0. The Balaban J connectivity index is 3.18. The topological polar surface area (TPSA) is 78.1 Å². The predicted molar refractivity (Wildman–Crippen MR) is 56.6 cm³/mol. The first kappa shape index (κ1) is 10.3. The van der Waals surface area contributed by atoms with E-state index in [0.29, 0.717) is 17.3 Å². The molecule has 1 aromatic carbocycles. The molecule has 6 N–H and O–H groups in total. The molecule has 0 aliphatic rings. The Morgan fingerprint density at radius 1 is 1.46 bits per heavy atom. The van der Waals surface area contributed by atoms with Gasteiger partial charge in [0, 0.05) is 18.3 Å². The first-order valence-electron chi connectivity index (χ1n) is 4.08. The molecule has 1 rings (SSSR count). The van der Waals surface area contributed by atoms with Gasteiger partial charge in [0.2, 0.25) is 0 Å². The van der Waals surface area contributed by atoms with Crippen molar-refractivity contribution < 1.29 is 0 Å². The molecule has 1 aromatic rings. The van der Waals surface area contributed by atoms with Gasteiger partial charge in [-0.05, 0) is 24.1 Å². The quantitative estimate of drug-likeness (QED) is 0.627. The summed E-state index contributed by atoms with van der Waals surface area (Å²) in [6.45, 7) is 2.24. The fourth-order valence-corrected chi connectivity index (χ4v) is 1.45. The van der Waals surface area contributed by atoms with Gasteiger partial charge in [-0.25, -0.2) is 0 Å². The molecule has 0 fully saturated rings. The lowest BCUT2D eigenvalue weighted by Gasteiger charge is -2.13. The second-order valence-electron chi connectivity index (χ2n) is 3.03. The number of rotatable bonds is 2. The Kier molecular flexibility index (Phi) is 3.14. The molecular formula is C9H14ClN3. The smallest absolute Gasteiger partial charge is 0.0503 e. The summed E-state index contributed by atoms with van der Waals surface area (Å²) >= 11 is 6.06. The second kappa shape index (κ2) is 3.96. The molecule has 0 unspecified atom stereocenters. The Morgan fingerprint density at radius 3 is 2.62 bits per heavy atom. The van der Waals surface area contributed by atoms with Crippen molar-refractivity contribution in [2.75, 3.05) is 12.3 Å². The van der Waals surface area contributed by atoms with Crippen molar-refractivity contribution in [3.8, 4) is 0 Å². The lowest BCUT2D eigenvalue weighted by molar-refractivity contribution is 0.737. The summed E-state index contributed by atoms with van der Waals surface area (Å²) < 4.78 is 0. The molecule has 0 saturated heterocycles. The van der Waals surface area contributed by atoms with Crippen molar-refractivity contribution in [1.82, 2.24) is 0 Å². The zero-order chi connectivity index (χ0) is 10.0. The highest BCUT2D eigenvalue weighted by Gasteiger charge is 2.11. The fraction of sp³-hybridized carbons (Fsp3) is 0.333. The van der Waals surface area contributed by atoms with E-state index in [1.807, 2.05) is 13.0 Å². The minimum atomic E-state index is -0.216. The van der Waals surface area contributed by atoms with Crippen LogP contribution in [-0.2, 0) is 0 Å². The number of hydrogen-bond acceptors (Lipinski definition) is 3. The average Bonchev–Trinajstić information content (AvgIpc) is 2.13. The Bertz CT molecular complexity index is 312. The van der Waals surface area contributed by atoms with Crippen molar-refractivity contribution >= 4 is 17.3 Å². The fourth-order valence-electron chi connectivity index (χ4n) is 1.13. The molecular weight excluding hydrogens is 186 g/mol. The molecule has 0 aromatic heterocycles. The van der Waals surface area contributed by atoms with E-state index in [9.17, 15) is 0 Å². The summed E-state index contributed by atoms with van der Waals surface area (Å²) in [5.41, 5.74) is 19.3. The minimum Gasteiger partial charge on any atom is -0.398 e. The molecule has 0 amide bonds.